The Morgan fingerprint density at radius 3 is 2.65 bits per heavy atom. The summed E-state index contributed by atoms with van der Waals surface area (Å²) in [7, 11) is 0. The second-order valence-electron chi connectivity index (χ2n) is 5.25. The van der Waals surface area contributed by atoms with Crippen LogP contribution < -0.4 is 0 Å². The van der Waals surface area contributed by atoms with E-state index in [4.69, 9.17) is 9.47 Å². The topological polar surface area (TPSA) is 79.2 Å². The fourth-order valence-corrected chi connectivity index (χ4v) is 2.16. The highest BCUT2D eigenvalue weighted by Gasteiger charge is 2.39. The van der Waals surface area contributed by atoms with Gasteiger partial charge in [0.25, 0.3) is 0 Å². The van der Waals surface area contributed by atoms with Crippen LogP contribution in [0.15, 0.2) is 12.2 Å². The number of aliphatic hydroxyl groups excluding tert-OH is 3. The molecule has 0 radical (unpaired) electrons. The van der Waals surface area contributed by atoms with Crippen molar-refractivity contribution in [2.75, 3.05) is 19.8 Å². The summed E-state index contributed by atoms with van der Waals surface area (Å²) in [6.07, 6.45) is 6.29. The van der Waals surface area contributed by atoms with Crippen molar-refractivity contribution in [3.8, 4) is 0 Å². The minimum atomic E-state index is -1.04. The van der Waals surface area contributed by atoms with Crippen molar-refractivity contribution in [2.45, 2.75) is 63.4 Å². The van der Waals surface area contributed by atoms with Crippen molar-refractivity contribution in [2.24, 2.45) is 0 Å². The molecule has 0 aromatic rings. The van der Waals surface area contributed by atoms with Crippen molar-refractivity contribution >= 4 is 0 Å². The fourth-order valence-electron chi connectivity index (χ4n) is 2.16. The highest BCUT2D eigenvalue weighted by molar-refractivity contribution is 4.88. The number of aliphatic hydroxyl groups is 3. The van der Waals surface area contributed by atoms with Gasteiger partial charge in [-0.15, -0.1) is 0 Å². The first kappa shape index (κ1) is 17.6. The Labute approximate surface area is 121 Å². The number of rotatable bonds is 10. The summed E-state index contributed by atoms with van der Waals surface area (Å²) >= 11 is 0. The molecule has 0 amide bonds. The zero-order chi connectivity index (χ0) is 14.8. The van der Waals surface area contributed by atoms with Crippen LogP contribution in [-0.2, 0) is 9.47 Å². The fraction of sp³-hybridized carbons (Fsp3) is 0.867. The van der Waals surface area contributed by atoms with E-state index in [2.05, 4.69) is 19.1 Å². The standard InChI is InChI=1S/C15H28O5/c1-2-3-4-5-6-7-8-9-19-10-13(17)15-14(18)12(16)11-20-15/h6-7,12-18H,2-5,8-11H2,1H3/b7-6+/t12-,13+,14+,15+/m0/s1. The van der Waals surface area contributed by atoms with Gasteiger partial charge in [0, 0.05) is 0 Å². The Kier molecular flexibility index (Phi) is 9.05. The summed E-state index contributed by atoms with van der Waals surface area (Å²) in [5.74, 6) is 0. The largest absolute Gasteiger partial charge is 0.388 e. The molecule has 5 nitrogen and oxygen atoms in total. The first-order valence-corrected chi connectivity index (χ1v) is 7.55. The van der Waals surface area contributed by atoms with Gasteiger partial charge < -0.3 is 24.8 Å². The van der Waals surface area contributed by atoms with Gasteiger partial charge >= 0.3 is 0 Å². The van der Waals surface area contributed by atoms with Crippen molar-refractivity contribution < 1.29 is 24.8 Å². The summed E-state index contributed by atoms with van der Waals surface area (Å²) in [4.78, 5) is 0. The molecule has 5 heteroatoms. The zero-order valence-corrected chi connectivity index (χ0v) is 12.3. The maximum Gasteiger partial charge on any atom is 0.114 e. The minimum absolute atomic E-state index is 0.0589. The van der Waals surface area contributed by atoms with Crippen LogP contribution in [0.5, 0.6) is 0 Å². The summed E-state index contributed by atoms with van der Waals surface area (Å²) in [5, 5.41) is 28.7. The van der Waals surface area contributed by atoms with Crippen LogP contribution in [0.25, 0.3) is 0 Å². The molecule has 4 atom stereocenters. The predicted octanol–water partition coefficient (Wildman–Crippen LogP) is 1.01. The zero-order valence-electron chi connectivity index (χ0n) is 12.3. The van der Waals surface area contributed by atoms with Crippen LogP contribution >= 0.6 is 0 Å². The first-order valence-electron chi connectivity index (χ1n) is 7.55. The molecule has 20 heavy (non-hydrogen) atoms. The lowest BCUT2D eigenvalue weighted by Gasteiger charge is -2.20. The Bertz CT molecular complexity index is 269. The molecule has 1 aliphatic rings. The molecular weight excluding hydrogens is 260 g/mol. The van der Waals surface area contributed by atoms with Crippen LogP contribution in [-0.4, -0.2) is 59.6 Å². The van der Waals surface area contributed by atoms with Gasteiger partial charge in [0.2, 0.25) is 0 Å². The van der Waals surface area contributed by atoms with E-state index >= 15 is 0 Å². The molecule has 1 rings (SSSR count). The molecule has 0 aliphatic carbocycles. The van der Waals surface area contributed by atoms with Crippen molar-refractivity contribution in [1.29, 1.82) is 0 Å². The van der Waals surface area contributed by atoms with E-state index < -0.39 is 24.4 Å². The summed E-state index contributed by atoms with van der Waals surface area (Å²) in [6.45, 7) is 2.89. The third kappa shape index (κ3) is 6.33. The lowest BCUT2D eigenvalue weighted by Crippen LogP contribution is -2.40. The quantitative estimate of drug-likeness (QED) is 0.413. The molecule has 1 saturated heterocycles. The molecule has 0 spiro atoms. The number of unbranched alkanes of at least 4 members (excludes halogenated alkanes) is 3. The highest BCUT2D eigenvalue weighted by atomic mass is 16.5. The SMILES string of the molecule is CCCCC/C=C/CCOC[C@@H](O)[C@H]1OC[C@H](O)[C@H]1O. The predicted molar refractivity (Wildman–Crippen MR) is 76.5 cm³/mol. The Morgan fingerprint density at radius 2 is 2.00 bits per heavy atom. The Hall–Kier alpha value is -0.460. The molecule has 0 unspecified atom stereocenters. The number of hydrogen-bond acceptors (Lipinski definition) is 5. The van der Waals surface area contributed by atoms with Crippen molar-refractivity contribution in [1.82, 2.24) is 0 Å². The average Bonchev–Trinajstić information content (AvgIpc) is 2.77. The summed E-state index contributed by atoms with van der Waals surface area (Å²) in [6, 6.07) is 0. The summed E-state index contributed by atoms with van der Waals surface area (Å²) < 4.78 is 10.5. The second-order valence-corrected chi connectivity index (χ2v) is 5.25. The van der Waals surface area contributed by atoms with Crippen LogP contribution in [0.4, 0.5) is 0 Å². The average molecular weight is 288 g/mol. The molecule has 0 saturated carbocycles. The molecule has 118 valence electrons. The van der Waals surface area contributed by atoms with E-state index in [0.29, 0.717) is 6.61 Å². The molecule has 0 aromatic heterocycles. The monoisotopic (exact) mass is 288 g/mol. The van der Waals surface area contributed by atoms with Crippen LogP contribution in [0.1, 0.15) is 39.0 Å². The number of ether oxygens (including phenoxy) is 2. The Balaban J connectivity index is 2.01. The summed E-state index contributed by atoms with van der Waals surface area (Å²) in [5.41, 5.74) is 0. The van der Waals surface area contributed by atoms with Gasteiger partial charge in [0.15, 0.2) is 0 Å². The molecule has 1 heterocycles. The van der Waals surface area contributed by atoms with E-state index in [9.17, 15) is 15.3 Å². The van der Waals surface area contributed by atoms with Gasteiger partial charge in [-0.3, -0.25) is 0 Å². The normalized spacial score (nSPS) is 28.3. The maximum atomic E-state index is 9.80. The molecule has 0 bridgehead atoms. The second kappa shape index (κ2) is 10.3. The van der Waals surface area contributed by atoms with E-state index in [1.54, 1.807) is 0 Å². The molecule has 1 aliphatic heterocycles. The third-order valence-corrected chi connectivity index (χ3v) is 3.43. The van der Waals surface area contributed by atoms with Gasteiger partial charge in [-0.1, -0.05) is 31.9 Å². The molecule has 3 N–H and O–H groups in total. The van der Waals surface area contributed by atoms with Gasteiger partial charge in [-0.25, -0.2) is 0 Å². The van der Waals surface area contributed by atoms with Gasteiger partial charge in [0.05, 0.1) is 19.8 Å². The molecular formula is C15H28O5. The first-order chi connectivity index (χ1) is 9.66. The van der Waals surface area contributed by atoms with E-state index in [0.717, 1.165) is 12.8 Å². The van der Waals surface area contributed by atoms with Crippen LogP contribution in [0, 0.1) is 0 Å². The maximum absolute atomic E-state index is 9.80. The smallest absolute Gasteiger partial charge is 0.114 e. The van der Waals surface area contributed by atoms with Crippen molar-refractivity contribution in [3.05, 3.63) is 12.2 Å². The molecule has 0 aromatic carbocycles. The van der Waals surface area contributed by atoms with E-state index in [1.165, 1.54) is 19.3 Å². The highest BCUT2D eigenvalue weighted by Crippen LogP contribution is 2.17. The van der Waals surface area contributed by atoms with Crippen molar-refractivity contribution in [3.63, 3.8) is 0 Å². The third-order valence-electron chi connectivity index (χ3n) is 3.43. The number of allylic oxidation sites excluding steroid dienone is 1. The van der Waals surface area contributed by atoms with Crippen LogP contribution in [0.3, 0.4) is 0 Å². The van der Waals surface area contributed by atoms with E-state index in [1.807, 2.05) is 0 Å². The van der Waals surface area contributed by atoms with Gasteiger partial charge in [-0.2, -0.15) is 0 Å². The molecule has 1 fully saturated rings. The van der Waals surface area contributed by atoms with E-state index in [-0.39, 0.29) is 13.2 Å². The van der Waals surface area contributed by atoms with Gasteiger partial charge in [0.1, 0.15) is 24.4 Å². The number of hydrogen-bond donors (Lipinski definition) is 3. The Morgan fingerprint density at radius 1 is 1.25 bits per heavy atom. The van der Waals surface area contributed by atoms with Crippen LogP contribution in [0.2, 0.25) is 0 Å². The minimum Gasteiger partial charge on any atom is -0.388 e. The van der Waals surface area contributed by atoms with Gasteiger partial charge in [-0.05, 0) is 19.3 Å². The lowest BCUT2D eigenvalue weighted by molar-refractivity contribution is -0.0806. The lowest BCUT2D eigenvalue weighted by atomic mass is 10.1.